The van der Waals surface area contributed by atoms with E-state index in [1.165, 1.54) is 34.1 Å². The van der Waals surface area contributed by atoms with E-state index in [0.717, 1.165) is 11.9 Å². The molecule has 2 aliphatic rings. The van der Waals surface area contributed by atoms with Crippen LogP contribution in [0, 0.1) is 5.92 Å². The molecule has 3 atom stereocenters. The van der Waals surface area contributed by atoms with Crippen LogP contribution in [0.5, 0.6) is 0 Å². The molecule has 0 radical (unpaired) electrons. The van der Waals surface area contributed by atoms with E-state index in [9.17, 15) is 27.6 Å². The van der Waals surface area contributed by atoms with Crippen molar-refractivity contribution in [2.45, 2.75) is 49.7 Å². The Morgan fingerprint density at radius 3 is 2.30 bits per heavy atom. The summed E-state index contributed by atoms with van der Waals surface area (Å²) in [6.07, 6.45) is 1.87. The van der Waals surface area contributed by atoms with Crippen molar-refractivity contribution in [1.82, 2.24) is 15.1 Å². The quantitative estimate of drug-likeness (QED) is 0.517. The number of nitrogens with one attached hydrogen (secondary N) is 1. The van der Waals surface area contributed by atoms with Crippen molar-refractivity contribution < 1.29 is 27.6 Å². The molecule has 0 aliphatic carbocycles. The third-order valence-corrected chi connectivity index (χ3v) is 8.54. The summed E-state index contributed by atoms with van der Waals surface area (Å²) in [5.74, 6) is -1.32. The molecule has 2 saturated heterocycles. The zero-order chi connectivity index (χ0) is 29.4. The third kappa shape index (κ3) is 6.04. The molecule has 0 bridgehead atoms. The normalized spacial score (nSPS) is 19.5. The number of nitrogens with zero attached hydrogens (tertiary/aromatic N) is 3. The van der Waals surface area contributed by atoms with Gasteiger partial charge in [0.2, 0.25) is 5.91 Å². The molecule has 3 amide bonds. The van der Waals surface area contributed by atoms with E-state index in [-0.39, 0.29) is 47.1 Å². The van der Waals surface area contributed by atoms with Gasteiger partial charge in [0, 0.05) is 43.7 Å². The number of Topliss-reactive ketones (excluding diaryl/α,β-unsaturated/α-hetero) is 1. The van der Waals surface area contributed by atoms with Crippen molar-refractivity contribution in [3.05, 3.63) is 59.7 Å². The fraction of sp³-hybridized carbons (Fsp3) is 0.448. The molecule has 2 heterocycles. The lowest BCUT2D eigenvalue weighted by atomic mass is 10.0. The van der Waals surface area contributed by atoms with Gasteiger partial charge in [0.25, 0.3) is 11.8 Å². The Kier molecular flexibility index (Phi) is 8.34. The second-order valence-electron chi connectivity index (χ2n) is 11.1. The fourth-order valence-electron chi connectivity index (χ4n) is 5.41. The van der Waals surface area contributed by atoms with Gasteiger partial charge >= 0.3 is 0 Å². The lowest BCUT2D eigenvalue weighted by Crippen LogP contribution is -2.53. The van der Waals surface area contributed by atoms with Crippen molar-refractivity contribution in [1.29, 1.82) is 0 Å². The molecule has 3 unspecified atom stereocenters. The minimum Gasteiger partial charge on any atom is -0.378 e. The van der Waals surface area contributed by atoms with Crippen molar-refractivity contribution in [2.24, 2.45) is 5.92 Å². The van der Waals surface area contributed by atoms with Crippen molar-refractivity contribution in [3.63, 3.8) is 0 Å². The molecule has 1 N–H and O–H groups in total. The molecule has 0 aromatic heterocycles. The Hall–Kier alpha value is -3.73. The highest BCUT2D eigenvalue weighted by atomic mass is 32.2. The number of likely N-dealkylation sites (tertiary alicyclic amines) is 2. The van der Waals surface area contributed by atoms with Crippen LogP contribution < -0.4 is 10.2 Å². The SMILES string of the molecule is CC(C)CC(NC(=O)c1ccc(N(C)C)cc1)C(=O)N1CCC2C1C(=O)CN2C(=O)c1cccc(S(C)(=O)=O)c1. The molecule has 11 heteroatoms. The Bertz CT molecular complexity index is 1420. The van der Waals surface area contributed by atoms with Gasteiger partial charge in [0.05, 0.1) is 17.5 Å². The number of benzene rings is 2. The minimum atomic E-state index is -3.51. The average molecular weight is 569 g/mol. The number of carbonyl (C=O) groups is 4. The molecular weight excluding hydrogens is 532 g/mol. The lowest BCUT2D eigenvalue weighted by Gasteiger charge is -2.29. The molecule has 2 fully saturated rings. The number of sulfone groups is 1. The average Bonchev–Trinajstić information content (AvgIpc) is 3.48. The van der Waals surface area contributed by atoms with Gasteiger partial charge in [-0.25, -0.2) is 8.42 Å². The topological polar surface area (TPSA) is 124 Å². The van der Waals surface area contributed by atoms with Crippen LogP contribution in [0.2, 0.25) is 0 Å². The number of hydrogen-bond acceptors (Lipinski definition) is 7. The molecule has 2 aromatic rings. The molecule has 10 nitrogen and oxygen atoms in total. The van der Waals surface area contributed by atoms with E-state index in [4.69, 9.17) is 0 Å². The zero-order valence-corrected chi connectivity index (χ0v) is 24.3. The van der Waals surface area contributed by atoms with Crippen molar-refractivity contribution >= 4 is 39.0 Å². The first-order valence-electron chi connectivity index (χ1n) is 13.3. The summed E-state index contributed by atoms with van der Waals surface area (Å²) in [4.78, 5) is 58.2. The second-order valence-corrected chi connectivity index (χ2v) is 13.1. The summed E-state index contributed by atoms with van der Waals surface area (Å²) in [7, 11) is 0.295. The first-order valence-corrected chi connectivity index (χ1v) is 15.2. The summed E-state index contributed by atoms with van der Waals surface area (Å²) in [6.45, 7) is 4.02. The zero-order valence-electron chi connectivity index (χ0n) is 23.5. The van der Waals surface area contributed by atoms with E-state index in [1.807, 2.05) is 45.0 Å². The fourth-order valence-corrected chi connectivity index (χ4v) is 6.08. The first kappa shape index (κ1) is 29.3. The Morgan fingerprint density at radius 1 is 1.02 bits per heavy atom. The van der Waals surface area contributed by atoms with Gasteiger partial charge in [-0.1, -0.05) is 19.9 Å². The summed E-state index contributed by atoms with van der Waals surface area (Å²) >= 11 is 0. The largest absolute Gasteiger partial charge is 0.378 e. The van der Waals surface area contributed by atoms with Gasteiger partial charge in [-0.2, -0.15) is 0 Å². The van der Waals surface area contributed by atoms with Crippen LogP contribution in [-0.2, 0) is 19.4 Å². The Balaban J connectivity index is 1.52. The van der Waals surface area contributed by atoms with Crippen molar-refractivity contribution in [2.75, 3.05) is 38.3 Å². The van der Waals surface area contributed by atoms with E-state index >= 15 is 0 Å². The summed E-state index contributed by atoms with van der Waals surface area (Å²) in [6, 6.07) is 10.7. The molecular formula is C29H36N4O6S. The highest BCUT2D eigenvalue weighted by molar-refractivity contribution is 7.90. The second kappa shape index (κ2) is 11.4. The number of anilines is 1. The number of hydrogen-bond donors (Lipinski definition) is 1. The highest BCUT2D eigenvalue weighted by Gasteiger charge is 2.52. The monoisotopic (exact) mass is 568 g/mol. The molecule has 2 aromatic carbocycles. The number of rotatable bonds is 8. The summed E-state index contributed by atoms with van der Waals surface area (Å²) in [5.41, 5.74) is 1.54. The number of amides is 3. The molecule has 2 aliphatic heterocycles. The van der Waals surface area contributed by atoms with Gasteiger partial charge in [-0.15, -0.1) is 0 Å². The maximum absolute atomic E-state index is 13.8. The van der Waals surface area contributed by atoms with Gasteiger partial charge in [0.1, 0.15) is 12.1 Å². The molecule has 0 spiro atoms. The van der Waals surface area contributed by atoms with Crippen molar-refractivity contribution in [3.8, 4) is 0 Å². The number of ketones is 1. The standard InChI is InChI=1S/C29H36N4O6S/c1-18(2)15-23(30-27(35)19-9-11-21(12-10-19)31(3)4)29(37)32-14-13-24-26(32)25(34)17-33(24)28(36)20-7-6-8-22(16-20)40(5,38)39/h6-12,16,18,23-24,26H,13-15,17H2,1-5H3,(H,30,35). The summed E-state index contributed by atoms with van der Waals surface area (Å²) < 4.78 is 24.0. The van der Waals surface area contributed by atoms with E-state index in [2.05, 4.69) is 5.32 Å². The van der Waals surface area contributed by atoms with Crippen LogP contribution in [0.15, 0.2) is 53.4 Å². The minimum absolute atomic E-state index is 0.0206. The van der Waals surface area contributed by atoms with E-state index in [1.54, 1.807) is 12.1 Å². The molecule has 0 saturated carbocycles. The highest BCUT2D eigenvalue weighted by Crippen LogP contribution is 2.32. The summed E-state index contributed by atoms with van der Waals surface area (Å²) in [5, 5.41) is 2.87. The lowest BCUT2D eigenvalue weighted by molar-refractivity contribution is -0.138. The van der Waals surface area contributed by atoms with Crippen LogP contribution >= 0.6 is 0 Å². The van der Waals surface area contributed by atoms with Crippen LogP contribution in [-0.4, -0.2) is 93.3 Å². The van der Waals surface area contributed by atoms with E-state index in [0.29, 0.717) is 18.4 Å². The van der Waals surface area contributed by atoms with Crippen LogP contribution in [0.4, 0.5) is 5.69 Å². The van der Waals surface area contributed by atoms with Gasteiger partial charge in [-0.3, -0.25) is 19.2 Å². The number of fused-ring (bicyclic) bond motifs is 1. The molecule has 4 rings (SSSR count). The van der Waals surface area contributed by atoms with Gasteiger partial charge in [0.15, 0.2) is 15.6 Å². The maximum Gasteiger partial charge on any atom is 0.254 e. The van der Waals surface area contributed by atoms with Crippen LogP contribution in [0.3, 0.4) is 0 Å². The Morgan fingerprint density at radius 2 is 1.70 bits per heavy atom. The predicted molar refractivity (Wildman–Crippen MR) is 151 cm³/mol. The van der Waals surface area contributed by atoms with Crippen LogP contribution in [0.1, 0.15) is 47.4 Å². The van der Waals surface area contributed by atoms with E-state index < -0.39 is 33.9 Å². The third-order valence-electron chi connectivity index (χ3n) is 7.43. The van der Waals surface area contributed by atoms with Gasteiger partial charge in [-0.05, 0) is 61.2 Å². The van der Waals surface area contributed by atoms with Gasteiger partial charge < -0.3 is 20.0 Å². The maximum atomic E-state index is 13.8. The molecule has 40 heavy (non-hydrogen) atoms. The molecule has 214 valence electrons. The smallest absolute Gasteiger partial charge is 0.254 e. The predicted octanol–water partition coefficient (Wildman–Crippen LogP) is 2.00. The Labute approximate surface area is 235 Å². The van der Waals surface area contributed by atoms with Crippen LogP contribution in [0.25, 0.3) is 0 Å². The number of carbonyl (C=O) groups excluding carboxylic acids is 4. The first-order chi connectivity index (χ1) is 18.8.